The van der Waals surface area contributed by atoms with E-state index in [4.69, 9.17) is 0 Å². The minimum atomic E-state index is 0.316. The first-order chi connectivity index (χ1) is 10.1. The van der Waals surface area contributed by atoms with Crippen molar-refractivity contribution in [2.45, 2.75) is 52.2 Å². The van der Waals surface area contributed by atoms with Gasteiger partial charge in [0, 0.05) is 23.3 Å². The third kappa shape index (κ3) is 4.42. The molecule has 0 radical (unpaired) electrons. The largest absolute Gasteiger partial charge is 0.304 e. The van der Waals surface area contributed by atoms with Gasteiger partial charge in [-0.25, -0.2) is 0 Å². The predicted octanol–water partition coefficient (Wildman–Crippen LogP) is 4.86. The monoisotopic (exact) mass is 349 g/mol. The van der Waals surface area contributed by atoms with Crippen molar-refractivity contribution in [1.29, 1.82) is 0 Å². The van der Waals surface area contributed by atoms with E-state index < -0.39 is 0 Å². The van der Waals surface area contributed by atoms with Gasteiger partial charge in [0.1, 0.15) is 0 Å². The number of benzene rings is 1. The van der Waals surface area contributed by atoms with Crippen molar-refractivity contribution in [2.75, 3.05) is 0 Å². The van der Waals surface area contributed by atoms with E-state index >= 15 is 0 Å². The van der Waals surface area contributed by atoms with Crippen LogP contribution in [0.4, 0.5) is 0 Å². The Bertz CT molecular complexity index is 543. The van der Waals surface area contributed by atoms with Gasteiger partial charge in [-0.3, -0.25) is 4.68 Å². The molecule has 2 rings (SSSR count). The summed E-state index contributed by atoms with van der Waals surface area (Å²) in [5.74, 6) is 0. The summed E-state index contributed by atoms with van der Waals surface area (Å²) in [6.45, 7) is 7.40. The zero-order valence-corrected chi connectivity index (χ0v) is 14.6. The van der Waals surface area contributed by atoms with E-state index in [1.54, 1.807) is 0 Å². The molecule has 114 valence electrons. The Labute approximate surface area is 135 Å². The first-order valence-electron chi connectivity index (χ1n) is 7.66. The maximum atomic E-state index is 4.68. The highest BCUT2D eigenvalue weighted by molar-refractivity contribution is 9.10. The molecule has 1 heterocycles. The van der Waals surface area contributed by atoms with Crippen molar-refractivity contribution in [3.8, 4) is 0 Å². The third-order valence-corrected chi connectivity index (χ3v) is 4.47. The van der Waals surface area contributed by atoms with Crippen molar-refractivity contribution in [1.82, 2.24) is 15.1 Å². The van der Waals surface area contributed by atoms with Crippen LogP contribution >= 0.6 is 15.9 Å². The maximum Gasteiger partial charge on any atom is 0.0762 e. The summed E-state index contributed by atoms with van der Waals surface area (Å²) < 4.78 is 3.21. The molecule has 4 heteroatoms. The number of rotatable bonds is 7. The smallest absolute Gasteiger partial charge is 0.0762 e. The second-order valence-electron chi connectivity index (χ2n) is 5.41. The average molecular weight is 350 g/mol. The summed E-state index contributed by atoms with van der Waals surface area (Å²) in [5.41, 5.74) is 2.39. The van der Waals surface area contributed by atoms with Crippen molar-refractivity contribution >= 4 is 15.9 Å². The lowest BCUT2D eigenvalue weighted by molar-refractivity contribution is 0.423. The first-order valence-corrected chi connectivity index (χ1v) is 8.46. The van der Waals surface area contributed by atoms with Crippen LogP contribution in [0.3, 0.4) is 0 Å². The molecule has 3 nitrogen and oxygen atoms in total. The van der Waals surface area contributed by atoms with E-state index in [0.29, 0.717) is 12.1 Å². The third-order valence-electron chi connectivity index (χ3n) is 3.94. The predicted molar refractivity (Wildman–Crippen MR) is 91.2 cm³/mol. The normalized spacial score (nSPS) is 12.8. The van der Waals surface area contributed by atoms with Gasteiger partial charge in [0.05, 0.1) is 11.7 Å². The minimum Gasteiger partial charge on any atom is -0.304 e. The summed E-state index contributed by atoms with van der Waals surface area (Å²) in [4.78, 5) is 0. The summed E-state index contributed by atoms with van der Waals surface area (Å²) in [6.07, 6.45) is 4.35. The molecule has 1 aromatic heterocycles. The van der Waals surface area contributed by atoms with Crippen LogP contribution in [0.25, 0.3) is 0 Å². The molecule has 0 fully saturated rings. The number of nitrogens with one attached hydrogen (secondary N) is 1. The fourth-order valence-corrected chi connectivity index (χ4v) is 2.73. The van der Waals surface area contributed by atoms with Crippen molar-refractivity contribution < 1.29 is 0 Å². The second kappa shape index (κ2) is 7.76. The maximum absolute atomic E-state index is 4.68. The Kier molecular flexibility index (Phi) is 6.00. The second-order valence-corrected chi connectivity index (χ2v) is 6.33. The molecular weight excluding hydrogens is 326 g/mol. The molecule has 0 aliphatic heterocycles. The van der Waals surface area contributed by atoms with Crippen molar-refractivity contribution in [3.05, 3.63) is 52.3 Å². The van der Waals surface area contributed by atoms with Gasteiger partial charge in [0.15, 0.2) is 0 Å². The lowest BCUT2D eigenvalue weighted by Gasteiger charge is -2.14. The van der Waals surface area contributed by atoms with Gasteiger partial charge in [-0.2, -0.15) is 5.10 Å². The summed E-state index contributed by atoms with van der Waals surface area (Å²) >= 11 is 3.47. The Balaban J connectivity index is 1.92. The van der Waals surface area contributed by atoms with Gasteiger partial charge in [-0.15, -0.1) is 0 Å². The highest BCUT2D eigenvalue weighted by atomic mass is 79.9. The van der Waals surface area contributed by atoms with Crippen LogP contribution < -0.4 is 5.32 Å². The van der Waals surface area contributed by atoms with Gasteiger partial charge < -0.3 is 5.32 Å². The lowest BCUT2D eigenvalue weighted by Crippen LogP contribution is -2.18. The fraction of sp³-hybridized carbons (Fsp3) is 0.471. The molecule has 0 unspecified atom stereocenters. The average Bonchev–Trinajstić information content (AvgIpc) is 2.96. The Morgan fingerprint density at radius 3 is 2.43 bits per heavy atom. The SMILES string of the molecule is CCC(CC)n1ccc(CN[C@H](C)c2ccc(Br)cc2)n1. The molecule has 21 heavy (non-hydrogen) atoms. The quantitative estimate of drug-likeness (QED) is 0.773. The van der Waals surface area contributed by atoms with Crippen LogP contribution in [0, 0.1) is 0 Å². The molecule has 0 aliphatic carbocycles. The molecule has 0 saturated carbocycles. The number of aromatic nitrogens is 2. The number of nitrogens with zero attached hydrogens (tertiary/aromatic N) is 2. The minimum absolute atomic E-state index is 0.316. The van der Waals surface area contributed by atoms with Crippen molar-refractivity contribution in [2.24, 2.45) is 0 Å². The number of hydrogen-bond acceptors (Lipinski definition) is 2. The molecular formula is C17H24BrN3. The summed E-state index contributed by atoms with van der Waals surface area (Å²) in [7, 11) is 0. The molecule has 1 aromatic carbocycles. The topological polar surface area (TPSA) is 29.9 Å². The molecule has 0 aliphatic rings. The van der Waals surface area contributed by atoms with Crippen molar-refractivity contribution in [3.63, 3.8) is 0 Å². The van der Waals surface area contributed by atoms with E-state index in [1.165, 1.54) is 5.56 Å². The molecule has 0 amide bonds. The lowest BCUT2D eigenvalue weighted by atomic mass is 10.1. The van der Waals surface area contributed by atoms with Gasteiger partial charge >= 0.3 is 0 Å². The first kappa shape index (κ1) is 16.2. The zero-order valence-electron chi connectivity index (χ0n) is 13.0. The summed E-state index contributed by atoms with van der Waals surface area (Å²) in [6, 6.07) is 11.4. The van der Waals surface area contributed by atoms with Crippen LogP contribution in [0.5, 0.6) is 0 Å². The van der Waals surface area contributed by atoms with Crippen LogP contribution in [-0.2, 0) is 6.54 Å². The Morgan fingerprint density at radius 2 is 1.81 bits per heavy atom. The standard InChI is InChI=1S/C17H24BrN3/c1-4-17(5-2)21-11-10-16(20-21)12-19-13(3)14-6-8-15(18)9-7-14/h6-11,13,17,19H,4-5,12H2,1-3H3/t13-/m1/s1. The van der Waals surface area contributed by atoms with E-state index in [2.05, 4.69) is 88.3 Å². The molecule has 0 spiro atoms. The highest BCUT2D eigenvalue weighted by Crippen LogP contribution is 2.17. The van der Waals surface area contributed by atoms with Crippen LogP contribution in [0.1, 0.15) is 57.0 Å². The molecule has 0 saturated heterocycles. The van der Waals surface area contributed by atoms with E-state index in [9.17, 15) is 0 Å². The molecule has 0 bridgehead atoms. The Morgan fingerprint density at radius 1 is 1.14 bits per heavy atom. The van der Waals surface area contributed by atoms with Crippen LogP contribution in [-0.4, -0.2) is 9.78 Å². The zero-order chi connectivity index (χ0) is 15.2. The van der Waals surface area contributed by atoms with Crippen LogP contribution in [0.15, 0.2) is 41.0 Å². The van der Waals surface area contributed by atoms with Crippen LogP contribution in [0.2, 0.25) is 0 Å². The fourth-order valence-electron chi connectivity index (χ4n) is 2.46. The molecule has 2 aromatic rings. The van der Waals surface area contributed by atoms with Gasteiger partial charge in [0.25, 0.3) is 0 Å². The Hall–Kier alpha value is -1.13. The van der Waals surface area contributed by atoms with Gasteiger partial charge in [-0.05, 0) is 43.5 Å². The summed E-state index contributed by atoms with van der Waals surface area (Å²) in [5, 5.41) is 8.21. The number of halogens is 1. The van der Waals surface area contributed by atoms with E-state index in [0.717, 1.165) is 29.6 Å². The molecule has 1 atom stereocenters. The van der Waals surface area contributed by atoms with E-state index in [1.807, 2.05) is 0 Å². The van der Waals surface area contributed by atoms with Gasteiger partial charge in [-0.1, -0.05) is 41.9 Å². The molecule has 1 N–H and O–H groups in total. The van der Waals surface area contributed by atoms with Gasteiger partial charge in [0.2, 0.25) is 0 Å². The highest BCUT2D eigenvalue weighted by Gasteiger charge is 2.09. The van der Waals surface area contributed by atoms with E-state index in [-0.39, 0.29) is 0 Å². The number of hydrogen-bond donors (Lipinski definition) is 1.